The van der Waals surface area contributed by atoms with E-state index >= 15 is 0 Å². The molecule has 5 heteroatoms. The zero-order chi connectivity index (χ0) is 17.4. The predicted octanol–water partition coefficient (Wildman–Crippen LogP) is 3.79. The lowest BCUT2D eigenvalue weighted by atomic mass is 10.1. The zero-order valence-corrected chi connectivity index (χ0v) is 16.0. The van der Waals surface area contributed by atoms with E-state index < -0.39 is 0 Å². The van der Waals surface area contributed by atoms with Gasteiger partial charge in [0.1, 0.15) is 0 Å². The molecule has 0 unspecified atom stereocenters. The second-order valence-corrected chi connectivity index (χ2v) is 7.04. The number of rotatable bonds is 7. The summed E-state index contributed by atoms with van der Waals surface area (Å²) < 4.78 is 0. The van der Waals surface area contributed by atoms with Crippen molar-refractivity contribution in [3.63, 3.8) is 0 Å². The van der Waals surface area contributed by atoms with E-state index in [1.54, 1.807) is 11.3 Å². The summed E-state index contributed by atoms with van der Waals surface area (Å²) in [7, 11) is 3.93. The van der Waals surface area contributed by atoms with Crippen LogP contribution < -0.4 is 5.32 Å². The van der Waals surface area contributed by atoms with Crippen LogP contribution in [-0.2, 0) is 13.0 Å². The van der Waals surface area contributed by atoms with Gasteiger partial charge in [-0.3, -0.25) is 4.99 Å². The van der Waals surface area contributed by atoms with Crippen LogP contribution in [0.15, 0.2) is 34.6 Å². The third kappa shape index (κ3) is 5.64. The summed E-state index contributed by atoms with van der Waals surface area (Å²) in [5.41, 5.74) is 3.78. The van der Waals surface area contributed by atoms with E-state index in [9.17, 15) is 0 Å². The first-order chi connectivity index (χ1) is 11.6. The van der Waals surface area contributed by atoms with Crippen LogP contribution >= 0.6 is 11.3 Å². The Labute approximate surface area is 149 Å². The number of nitrogens with zero attached hydrogens (tertiary/aromatic N) is 3. The van der Waals surface area contributed by atoms with E-state index in [-0.39, 0.29) is 0 Å². The second-order valence-electron chi connectivity index (χ2n) is 6.10. The summed E-state index contributed by atoms with van der Waals surface area (Å²) in [6.45, 7) is 6.01. The molecule has 130 valence electrons. The van der Waals surface area contributed by atoms with Gasteiger partial charge in [-0.2, -0.15) is 0 Å². The highest BCUT2D eigenvalue weighted by Crippen LogP contribution is 2.12. The molecule has 4 nitrogen and oxygen atoms in total. The first kappa shape index (κ1) is 18.5. The maximum Gasteiger partial charge on any atom is 0.193 e. The fourth-order valence-electron chi connectivity index (χ4n) is 2.62. The van der Waals surface area contributed by atoms with E-state index in [0.717, 1.165) is 44.0 Å². The van der Waals surface area contributed by atoms with Crippen molar-refractivity contribution in [1.29, 1.82) is 0 Å². The van der Waals surface area contributed by atoms with E-state index in [1.807, 2.05) is 7.05 Å². The normalized spacial score (nSPS) is 11.6. The molecule has 0 bridgehead atoms. The number of guanidine groups is 1. The van der Waals surface area contributed by atoms with Gasteiger partial charge < -0.3 is 10.2 Å². The Bertz CT molecular complexity index is 663. The Morgan fingerprint density at radius 3 is 2.71 bits per heavy atom. The molecule has 0 atom stereocenters. The molecule has 0 fully saturated rings. The van der Waals surface area contributed by atoms with Crippen molar-refractivity contribution in [2.24, 2.45) is 4.99 Å². The number of aryl methyl sites for hydroxylation is 3. The molecule has 1 N–H and O–H groups in total. The molecule has 1 aromatic heterocycles. The molecule has 0 aliphatic heterocycles. The van der Waals surface area contributed by atoms with Crippen molar-refractivity contribution in [2.45, 2.75) is 39.7 Å². The summed E-state index contributed by atoms with van der Waals surface area (Å²) >= 11 is 1.76. The van der Waals surface area contributed by atoms with Gasteiger partial charge in [0.15, 0.2) is 5.96 Å². The highest BCUT2D eigenvalue weighted by Gasteiger charge is 2.07. The Morgan fingerprint density at radius 1 is 1.25 bits per heavy atom. The maximum atomic E-state index is 4.51. The third-order valence-electron chi connectivity index (χ3n) is 4.01. The van der Waals surface area contributed by atoms with Gasteiger partial charge >= 0.3 is 0 Å². The Morgan fingerprint density at radius 2 is 2.04 bits per heavy atom. The molecule has 2 aromatic rings. The van der Waals surface area contributed by atoms with Crippen LogP contribution in [0.4, 0.5) is 0 Å². The zero-order valence-electron chi connectivity index (χ0n) is 15.2. The summed E-state index contributed by atoms with van der Waals surface area (Å²) in [4.78, 5) is 11.1. The molecule has 0 spiro atoms. The van der Waals surface area contributed by atoms with Crippen molar-refractivity contribution in [3.05, 3.63) is 51.5 Å². The van der Waals surface area contributed by atoms with Gasteiger partial charge in [-0.05, 0) is 44.2 Å². The topological polar surface area (TPSA) is 40.5 Å². The minimum Gasteiger partial charge on any atom is -0.356 e. The molecule has 0 radical (unpaired) electrons. The van der Waals surface area contributed by atoms with E-state index in [4.69, 9.17) is 0 Å². The Kier molecular flexibility index (Phi) is 7.25. The molecule has 2 rings (SSSR count). The van der Waals surface area contributed by atoms with Crippen LogP contribution in [-0.4, -0.2) is 36.5 Å². The highest BCUT2D eigenvalue weighted by atomic mass is 32.1. The van der Waals surface area contributed by atoms with Crippen molar-refractivity contribution in [2.75, 3.05) is 20.6 Å². The molecule has 1 heterocycles. The van der Waals surface area contributed by atoms with Gasteiger partial charge in [0, 0.05) is 38.3 Å². The monoisotopic (exact) mass is 344 g/mol. The summed E-state index contributed by atoms with van der Waals surface area (Å²) in [5, 5.41) is 6.82. The number of unbranched alkanes of at least 4 members (excludes halogenated alkanes) is 1. The van der Waals surface area contributed by atoms with Gasteiger partial charge in [-0.1, -0.05) is 24.3 Å². The summed E-state index contributed by atoms with van der Waals surface area (Å²) in [6, 6.07) is 8.50. The number of aromatic nitrogens is 1. The van der Waals surface area contributed by atoms with Gasteiger partial charge in [0.05, 0.1) is 5.01 Å². The maximum absolute atomic E-state index is 4.51. The fourth-order valence-corrected chi connectivity index (χ4v) is 3.44. The number of hydrogen-bond acceptors (Lipinski definition) is 3. The highest BCUT2D eigenvalue weighted by molar-refractivity contribution is 7.09. The minimum atomic E-state index is 0.866. The summed E-state index contributed by atoms with van der Waals surface area (Å²) in [6.07, 6.45) is 3.34. The lowest BCUT2D eigenvalue weighted by Crippen LogP contribution is -2.39. The largest absolute Gasteiger partial charge is 0.356 e. The molecular weight excluding hydrogens is 316 g/mol. The fraction of sp³-hybridized carbons (Fsp3) is 0.474. The molecule has 0 saturated heterocycles. The first-order valence-electron chi connectivity index (χ1n) is 8.47. The van der Waals surface area contributed by atoms with Gasteiger partial charge in [0.2, 0.25) is 0 Å². The van der Waals surface area contributed by atoms with Gasteiger partial charge in [0.25, 0.3) is 0 Å². The number of thiazole rings is 1. The predicted molar refractivity (Wildman–Crippen MR) is 104 cm³/mol. The molecule has 24 heavy (non-hydrogen) atoms. The van der Waals surface area contributed by atoms with E-state index in [2.05, 4.69) is 70.7 Å². The molecule has 1 aromatic carbocycles. The number of hydrogen-bond donors (Lipinski definition) is 1. The Balaban J connectivity index is 1.72. The standard InChI is InChI=1S/C19H28N4S/c1-15-9-5-6-10-17(15)13-23(4)19(20-3)21-12-8-7-11-18-22-16(2)14-24-18/h5-6,9-10,14H,7-8,11-13H2,1-4H3,(H,20,21). The van der Waals surface area contributed by atoms with Crippen molar-refractivity contribution < 1.29 is 0 Å². The number of aliphatic imine (C=N–C) groups is 1. The number of nitrogens with one attached hydrogen (secondary N) is 1. The molecule has 0 aliphatic rings. The lowest BCUT2D eigenvalue weighted by molar-refractivity contribution is 0.473. The Hall–Kier alpha value is -1.88. The molecule has 0 saturated carbocycles. The van der Waals surface area contributed by atoms with Crippen LogP contribution in [0.25, 0.3) is 0 Å². The van der Waals surface area contributed by atoms with Crippen LogP contribution in [0.3, 0.4) is 0 Å². The van der Waals surface area contributed by atoms with Crippen molar-refractivity contribution in [1.82, 2.24) is 15.2 Å². The van der Waals surface area contributed by atoms with Crippen molar-refractivity contribution in [3.8, 4) is 0 Å². The van der Waals surface area contributed by atoms with Crippen LogP contribution in [0.1, 0.15) is 34.7 Å². The third-order valence-corrected chi connectivity index (χ3v) is 5.04. The van der Waals surface area contributed by atoms with Gasteiger partial charge in [-0.25, -0.2) is 4.98 Å². The average Bonchev–Trinajstić information content (AvgIpc) is 2.98. The summed E-state index contributed by atoms with van der Waals surface area (Å²) in [5.74, 6) is 0.948. The molecule has 0 amide bonds. The van der Waals surface area contributed by atoms with E-state index in [0.29, 0.717) is 0 Å². The molecular formula is C19H28N4S. The van der Waals surface area contributed by atoms with Gasteiger partial charge in [-0.15, -0.1) is 11.3 Å². The quantitative estimate of drug-likeness (QED) is 0.472. The van der Waals surface area contributed by atoms with E-state index in [1.165, 1.54) is 16.1 Å². The smallest absolute Gasteiger partial charge is 0.193 e. The van der Waals surface area contributed by atoms with Crippen LogP contribution in [0, 0.1) is 13.8 Å². The van der Waals surface area contributed by atoms with Crippen molar-refractivity contribution >= 4 is 17.3 Å². The second kappa shape index (κ2) is 9.42. The van der Waals surface area contributed by atoms with Crippen LogP contribution in [0.5, 0.6) is 0 Å². The average molecular weight is 345 g/mol. The lowest BCUT2D eigenvalue weighted by Gasteiger charge is -2.23. The number of benzene rings is 1. The first-order valence-corrected chi connectivity index (χ1v) is 9.35. The minimum absolute atomic E-state index is 0.866. The molecule has 0 aliphatic carbocycles. The van der Waals surface area contributed by atoms with Crippen LogP contribution in [0.2, 0.25) is 0 Å². The SMILES string of the molecule is CN=C(NCCCCc1nc(C)cs1)N(C)Cc1ccccc1C.